The van der Waals surface area contributed by atoms with Gasteiger partial charge in [-0.05, 0) is 31.2 Å². The summed E-state index contributed by atoms with van der Waals surface area (Å²) in [6, 6.07) is 8.97. The molecule has 138 valence electrons. The lowest BCUT2D eigenvalue weighted by Crippen LogP contribution is -2.43. The third-order valence-electron chi connectivity index (χ3n) is 3.63. The topological polar surface area (TPSA) is 62.3 Å². The molecule has 1 aromatic heterocycles. The highest BCUT2D eigenvalue weighted by molar-refractivity contribution is 5.96. The minimum absolute atomic E-state index is 0.0738. The first-order chi connectivity index (χ1) is 12.1. The summed E-state index contributed by atoms with van der Waals surface area (Å²) >= 11 is 0. The lowest BCUT2D eigenvalue weighted by molar-refractivity contribution is -0.149. The van der Waals surface area contributed by atoms with Gasteiger partial charge in [-0.25, -0.2) is 4.98 Å². The molecule has 0 fully saturated rings. The van der Waals surface area contributed by atoms with Crippen molar-refractivity contribution in [1.82, 2.24) is 15.2 Å². The summed E-state index contributed by atoms with van der Waals surface area (Å²) in [4.78, 5) is 29.7. The maximum absolute atomic E-state index is 12.6. The van der Waals surface area contributed by atoms with Gasteiger partial charge in [-0.15, -0.1) is 0 Å². The number of nitrogens with one attached hydrogen (secondary N) is 1. The number of carbonyl (C=O) groups is 2. The average Bonchev–Trinajstić information content (AvgIpc) is 2.60. The zero-order valence-electron chi connectivity index (χ0n) is 14.5. The normalized spacial score (nSPS) is 12.4. The summed E-state index contributed by atoms with van der Waals surface area (Å²) in [6.07, 6.45) is -4.52. The SMILES string of the molecule is CC(NC(=O)c1cccc(-c2cccc(C(=O)N(C)C)n2)c1)C(F)(F)F. The molecule has 2 rings (SSSR count). The van der Waals surface area contributed by atoms with Crippen LogP contribution in [0.4, 0.5) is 13.2 Å². The molecule has 8 heteroatoms. The van der Waals surface area contributed by atoms with E-state index in [2.05, 4.69) is 4.98 Å². The van der Waals surface area contributed by atoms with E-state index in [1.807, 2.05) is 5.32 Å². The summed E-state index contributed by atoms with van der Waals surface area (Å²) < 4.78 is 37.8. The standard InChI is InChI=1S/C18H18F3N3O2/c1-11(18(19,20)21)22-16(25)13-7-4-6-12(10-13)14-8-5-9-15(23-14)17(26)24(2)3/h4-11H,1-3H3,(H,22,25). The van der Waals surface area contributed by atoms with Crippen molar-refractivity contribution in [2.24, 2.45) is 0 Å². The Morgan fingerprint density at radius 1 is 1.12 bits per heavy atom. The van der Waals surface area contributed by atoms with Gasteiger partial charge < -0.3 is 10.2 Å². The Balaban J connectivity index is 2.28. The minimum Gasteiger partial charge on any atom is -0.343 e. The molecule has 1 atom stereocenters. The molecule has 1 N–H and O–H groups in total. The van der Waals surface area contributed by atoms with E-state index in [0.717, 1.165) is 6.92 Å². The van der Waals surface area contributed by atoms with Crippen molar-refractivity contribution in [2.75, 3.05) is 14.1 Å². The second kappa shape index (κ2) is 7.55. The first kappa shape index (κ1) is 19.4. The van der Waals surface area contributed by atoms with E-state index >= 15 is 0 Å². The van der Waals surface area contributed by atoms with Crippen LogP contribution in [0.2, 0.25) is 0 Å². The maximum Gasteiger partial charge on any atom is 0.408 e. The van der Waals surface area contributed by atoms with Crippen LogP contribution in [0.5, 0.6) is 0 Å². The number of carbonyl (C=O) groups excluding carboxylic acids is 2. The molecule has 1 unspecified atom stereocenters. The Labute approximate surface area is 148 Å². The highest BCUT2D eigenvalue weighted by atomic mass is 19.4. The number of alkyl halides is 3. The van der Waals surface area contributed by atoms with Gasteiger partial charge in [-0.2, -0.15) is 13.2 Å². The lowest BCUT2D eigenvalue weighted by atomic mass is 10.1. The molecule has 0 radical (unpaired) electrons. The second-order valence-corrected chi connectivity index (χ2v) is 5.93. The van der Waals surface area contributed by atoms with Crippen LogP contribution in [-0.2, 0) is 0 Å². The Kier molecular flexibility index (Phi) is 5.64. The quantitative estimate of drug-likeness (QED) is 0.906. The van der Waals surface area contributed by atoms with Crippen LogP contribution in [0.15, 0.2) is 42.5 Å². The largest absolute Gasteiger partial charge is 0.408 e. The van der Waals surface area contributed by atoms with Crippen molar-refractivity contribution in [3.63, 3.8) is 0 Å². The number of pyridine rings is 1. The molecule has 2 amide bonds. The van der Waals surface area contributed by atoms with E-state index in [4.69, 9.17) is 0 Å². The Hall–Kier alpha value is -2.90. The number of halogens is 3. The monoisotopic (exact) mass is 365 g/mol. The van der Waals surface area contributed by atoms with Gasteiger partial charge in [0.1, 0.15) is 11.7 Å². The number of nitrogens with zero attached hydrogens (tertiary/aromatic N) is 2. The van der Waals surface area contributed by atoms with Crippen LogP contribution >= 0.6 is 0 Å². The minimum atomic E-state index is -4.52. The summed E-state index contributed by atoms with van der Waals surface area (Å²) in [7, 11) is 3.20. The number of benzene rings is 1. The van der Waals surface area contributed by atoms with Crippen molar-refractivity contribution in [3.8, 4) is 11.3 Å². The number of hydrogen-bond acceptors (Lipinski definition) is 3. The van der Waals surface area contributed by atoms with E-state index < -0.39 is 18.1 Å². The van der Waals surface area contributed by atoms with Gasteiger partial charge in [0, 0.05) is 25.2 Å². The van der Waals surface area contributed by atoms with E-state index in [-0.39, 0.29) is 17.2 Å². The average molecular weight is 365 g/mol. The van der Waals surface area contributed by atoms with Crippen LogP contribution in [0.3, 0.4) is 0 Å². The van der Waals surface area contributed by atoms with Gasteiger partial charge in [-0.1, -0.05) is 18.2 Å². The predicted molar refractivity (Wildman–Crippen MR) is 90.7 cm³/mol. The molecule has 0 spiro atoms. The van der Waals surface area contributed by atoms with Gasteiger partial charge >= 0.3 is 6.18 Å². The first-order valence-corrected chi connectivity index (χ1v) is 7.76. The van der Waals surface area contributed by atoms with Crippen LogP contribution in [0.1, 0.15) is 27.8 Å². The van der Waals surface area contributed by atoms with E-state index in [1.54, 1.807) is 44.4 Å². The van der Waals surface area contributed by atoms with E-state index in [9.17, 15) is 22.8 Å². The molecule has 0 bridgehead atoms. The fourth-order valence-corrected chi connectivity index (χ4v) is 2.13. The van der Waals surface area contributed by atoms with Gasteiger partial charge in [0.05, 0.1) is 5.69 Å². The Bertz CT molecular complexity index is 819. The van der Waals surface area contributed by atoms with Crippen molar-refractivity contribution in [2.45, 2.75) is 19.1 Å². The van der Waals surface area contributed by atoms with Crippen molar-refractivity contribution in [3.05, 3.63) is 53.7 Å². The van der Waals surface area contributed by atoms with Gasteiger partial charge in [0.15, 0.2) is 0 Å². The highest BCUT2D eigenvalue weighted by Gasteiger charge is 2.37. The molecule has 0 saturated heterocycles. The van der Waals surface area contributed by atoms with Crippen LogP contribution in [-0.4, -0.2) is 48.0 Å². The third kappa shape index (κ3) is 4.59. The molecule has 5 nitrogen and oxygen atoms in total. The summed E-state index contributed by atoms with van der Waals surface area (Å²) in [5.41, 5.74) is 1.26. The van der Waals surface area contributed by atoms with Gasteiger partial charge in [0.25, 0.3) is 11.8 Å². The highest BCUT2D eigenvalue weighted by Crippen LogP contribution is 2.22. The van der Waals surface area contributed by atoms with E-state index in [1.165, 1.54) is 17.0 Å². The molecule has 0 aliphatic carbocycles. The summed E-state index contributed by atoms with van der Waals surface area (Å²) in [5.74, 6) is -1.11. The molecular weight excluding hydrogens is 347 g/mol. The molecular formula is C18H18F3N3O2. The molecule has 1 heterocycles. The molecule has 2 aromatic rings. The zero-order valence-corrected chi connectivity index (χ0v) is 14.5. The van der Waals surface area contributed by atoms with Crippen LogP contribution in [0, 0.1) is 0 Å². The fourth-order valence-electron chi connectivity index (χ4n) is 2.13. The van der Waals surface area contributed by atoms with Crippen molar-refractivity contribution >= 4 is 11.8 Å². The number of aromatic nitrogens is 1. The molecule has 0 saturated carbocycles. The number of rotatable bonds is 4. The smallest absolute Gasteiger partial charge is 0.343 e. The van der Waals surface area contributed by atoms with Gasteiger partial charge in [-0.3, -0.25) is 9.59 Å². The predicted octanol–water partition coefficient (Wildman–Crippen LogP) is 3.13. The van der Waals surface area contributed by atoms with Crippen molar-refractivity contribution in [1.29, 1.82) is 0 Å². The summed E-state index contributed by atoms with van der Waals surface area (Å²) in [5, 5.41) is 1.91. The van der Waals surface area contributed by atoms with E-state index in [0.29, 0.717) is 11.3 Å². The second-order valence-electron chi connectivity index (χ2n) is 5.93. The number of amides is 2. The summed E-state index contributed by atoms with van der Waals surface area (Å²) in [6.45, 7) is 0.875. The lowest BCUT2D eigenvalue weighted by Gasteiger charge is -2.17. The van der Waals surface area contributed by atoms with Crippen molar-refractivity contribution < 1.29 is 22.8 Å². The first-order valence-electron chi connectivity index (χ1n) is 7.76. The zero-order chi connectivity index (χ0) is 19.5. The van der Waals surface area contributed by atoms with Gasteiger partial charge in [0.2, 0.25) is 0 Å². The van der Waals surface area contributed by atoms with Crippen LogP contribution in [0.25, 0.3) is 11.3 Å². The molecule has 1 aromatic carbocycles. The Morgan fingerprint density at radius 3 is 2.38 bits per heavy atom. The number of hydrogen-bond donors (Lipinski definition) is 1. The Morgan fingerprint density at radius 2 is 1.77 bits per heavy atom. The molecule has 0 aliphatic heterocycles. The maximum atomic E-state index is 12.6. The third-order valence-corrected chi connectivity index (χ3v) is 3.63. The molecule has 26 heavy (non-hydrogen) atoms. The molecule has 0 aliphatic rings. The fraction of sp³-hybridized carbons (Fsp3) is 0.278. The van der Waals surface area contributed by atoms with Crippen LogP contribution < -0.4 is 5.32 Å².